The number of aromatic carboxylic acids is 1. The van der Waals surface area contributed by atoms with E-state index in [9.17, 15) is 9.59 Å². The van der Waals surface area contributed by atoms with Crippen molar-refractivity contribution in [2.45, 2.75) is 19.6 Å². The number of fused-ring (bicyclic) bond motifs is 1. The van der Waals surface area contributed by atoms with Crippen LogP contribution in [0, 0.1) is 0 Å². The Morgan fingerprint density at radius 3 is 1.95 bits per heavy atom. The van der Waals surface area contributed by atoms with Crippen LogP contribution in [0.4, 0.5) is 0 Å². The summed E-state index contributed by atoms with van der Waals surface area (Å²) in [4.78, 5) is 22.9. The summed E-state index contributed by atoms with van der Waals surface area (Å²) in [6, 6.07) is 9.94. The van der Waals surface area contributed by atoms with E-state index in [0.717, 1.165) is 10.8 Å². The molecule has 0 heterocycles. The SMILES string of the molecule is C[Si](C)(C)OC(=O)c1ccc2cc(C(=O)O)ccc2c1. The van der Waals surface area contributed by atoms with Gasteiger partial charge in [0.05, 0.1) is 11.1 Å². The summed E-state index contributed by atoms with van der Waals surface area (Å²) >= 11 is 0. The largest absolute Gasteiger partial charge is 0.516 e. The van der Waals surface area contributed by atoms with Crippen molar-refractivity contribution in [3.63, 3.8) is 0 Å². The van der Waals surface area contributed by atoms with E-state index in [-0.39, 0.29) is 11.5 Å². The molecule has 0 amide bonds. The molecule has 0 unspecified atom stereocenters. The highest BCUT2D eigenvalue weighted by molar-refractivity contribution is 6.71. The van der Waals surface area contributed by atoms with Gasteiger partial charge in [-0.15, -0.1) is 0 Å². The minimum atomic E-state index is -1.92. The first-order valence-corrected chi connectivity index (χ1v) is 9.67. The highest BCUT2D eigenvalue weighted by atomic mass is 28.4. The van der Waals surface area contributed by atoms with Crippen molar-refractivity contribution < 1.29 is 19.1 Å². The Bertz CT molecular complexity index is 686. The third kappa shape index (κ3) is 3.24. The van der Waals surface area contributed by atoms with Gasteiger partial charge in [-0.25, -0.2) is 9.59 Å². The zero-order valence-corrected chi connectivity index (χ0v) is 12.6. The summed E-state index contributed by atoms with van der Waals surface area (Å²) < 4.78 is 5.44. The number of hydrogen-bond donors (Lipinski definition) is 1. The van der Waals surface area contributed by atoms with Crippen molar-refractivity contribution in [3.8, 4) is 0 Å². The Labute approximate surface area is 118 Å². The van der Waals surface area contributed by atoms with Crippen LogP contribution in [0.2, 0.25) is 19.6 Å². The molecule has 0 aliphatic heterocycles. The van der Waals surface area contributed by atoms with Crippen LogP contribution in [-0.2, 0) is 4.43 Å². The van der Waals surface area contributed by atoms with Crippen molar-refractivity contribution in [1.82, 2.24) is 0 Å². The number of rotatable bonds is 3. The Balaban J connectivity index is 2.37. The van der Waals surface area contributed by atoms with Crippen LogP contribution in [0.1, 0.15) is 20.7 Å². The molecule has 2 aromatic rings. The number of hydrogen-bond acceptors (Lipinski definition) is 3. The third-order valence-electron chi connectivity index (χ3n) is 2.72. The third-order valence-corrected chi connectivity index (χ3v) is 3.52. The Kier molecular flexibility index (Phi) is 3.63. The van der Waals surface area contributed by atoms with Crippen LogP contribution in [-0.4, -0.2) is 25.4 Å². The second-order valence-electron chi connectivity index (χ2n) is 5.58. The van der Waals surface area contributed by atoms with Crippen molar-refractivity contribution in [2.24, 2.45) is 0 Å². The molecule has 5 heteroatoms. The predicted octanol–water partition coefficient (Wildman–Crippen LogP) is 3.53. The van der Waals surface area contributed by atoms with Gasteiger partial charge < -0.3 is 9.53 Å². The number of carboxylic acids is 1. The van der Waals surface area contributed by atoms with Crippen LogP contribution in [0.3, 0.4) is 0 Å². The Morgan fingerprint density at radius 1 is 0.950 bits per heavy atom. The van der Waals surface area contributed by atoms with Crippen molar-refractivity contribution >= 4 is 31.0 Å². The maximum atomic E-state index is 12.0. The van der Waals surface area contributed by atoms with E-state index in [1.54, 1.807) is 30.3 Å². The van der Waals surface area contributed by atoms with Gasteiger partial charge in [0.25, 0.3) is 0 Å². The van der Waals surface area contributed by atoms with E-state index in [0.29, 0.717) is 5.56 Å². The molecule has 0 aromatic heterocycles. The average Bonchev–Trinajstić information content (AvgIpc) is 2.35. The Hall–Kier alpha value is -2.14. The van der Waals surface area contributed by atoms with Gasteiger partial charge in [-0.1, -0.05) is 12.1 Å². The van der Waals surface area contributed by atoms with Gasteiger partial charge in [0.1, 0.15) is 0 Å². The van der Waals surface area contributed by atoms with E-state index >= 15 is 0 Å². The van der Waals surface area contributed by atoms with Crippen LogP contribution in [0.25, 0.3) is 10.8 Å². The van der Waals surface area contributed by atoms with Crippen molar-refractivity contribution in [1.29, 1.82) is 0 Å². The fourth-order valence-electron chi connectivity index (χ4n) is 1.84. The summed E-state index contributed by atoms with van der Waals surface area (Å²) in [5, 5.41) is 10.6. The van der Waals surface area contributed by atoms with Gasteiger partial charge in [0, 0.05) is 0 Å². The highest BCUT2D eigenvalue weighted by Crippen LogP contribution is 2.19. The molecule has 0 saturated heterocycles. The minimum Gasteiger partial charge on any atom is -0.516 e. The summed E-state index contributed by atoms with van der Waals surface area (Å²) in [5.41, 5.74) is 0.720. The van der Waals surface area contributed by atoms with E-state index in [4.69, 9.17) is 9.53 Å². The fourth-order valence-corrected chi connectivity index (χ4v) is 2.52. The van der Waals surface area contributed by atoms with Gasteiger partial charge in [0.2, 0.25) is 8.32 Å². The summed E-state index contributed by atoms with van der Waals surface area (Å²) in [6.45, 7) is 5.85. The maximum Gasteiger partial charge on any atom is 0.335 e. The zero-order valence-electron chi connectivity index (χ0n) is 11.6. The molecule has 104 valence electrons. The highest BCUT2D eigenvalue weighted by Gasteiger charge is 2.21. The van der Waals surface area contributed by atoms with Crippen LogP contribution in [0.5, 0.6) is 0 Å². The summed E-state index contributed by atoms with van der Waals surface area (Å²) in [6.07, 6.45) is 0. The Morgan fingerprint density at radius 2 is 1.45 bits per heavy atom. The van der Waals surface area contributed by atoms with Crippen molar-refractivity contribution in [2.75, 3.05) is 0 Å². The summed E-state index contributed by atoms with van der Waals surface area (Å²) in [5.74, 6) is -1.29. The molecule has 0 radical (unpaired) electrons. The second kappa shape index (κ2) is 5.09. The maximum absolute atomic E-state index is 12.0. The normalized spacial score (nSPS) is 11.3. The second-order valence-corrected chi connectivity index (χ2v) is 10.0. The molecule has 0 spiro atoms. The lowest BCUT2D eigenvalue weighted by Crippen LogP contribution is -2.29. The molecule has 0 saturated carbocycles. The zero-order chi connectivity index (χ0) is 14.9. The lowest BCUT2D eigenvalue weighted by molar-refractivity contribution is 0.0693. The van der Waals surface area contributed by atoms with Crippen LogP contribution in [0.15, 0.2) is 36.4 Å². The molecule has 1 N–H and O–H groups in total. The lowest BCUT2D eigenvalue weighted by Gasteiger charge is -2.17. The van der Waals surface area contributed by atoms with E-state index in [1.165, 1.54) is 6.07 Å². The molecular formula is C15H16O4Si. The first-order chi connectivity index (χ1) is 9.26. The molecule has 20 heavy (non-hydrogen) atoms. The fraction of sp³-hybridized carbons (Fsp3) is 0.200. The first kappa shape index (κ1) is 14.3. The van der Waals surface area contributed by atoms with E-state index in [1.807, 2.05) is 19.6 Å². The number of benzene rings is 2. The lowest BCUT2D eigenvalue weighted by atomic mass is 10.0. The van der Waals surface area contributed by atoms with Crippen molar-refractivity contribution in [3.05, 3.63) is 47.5 Å². The number of carboxylic acid groups (broad SMARTS) is 1. The minimum absolute atomic E-state index is 0.231. The van der Waals surface area contributed by atoms with Gasteiger partial charge in [0.15, 0.2) is 0 Å². The van der Waals surface area contributed by atoms with Gasteiger partial charge in [-0.05, 0) is 54.7 Å². The smallest absolute Gasteiger partial charge is 0.335 e. The molecule has 0 atom stereocenters. The molecule has 0 aliphatic rings. The predicted molar refractivity (Wildman–Crippen MR) is 79.7 cm³/mol. The van der Waals surface area contributed by atoms with E-state index < -0.39 is 14.3 Å². The summed E-state index contributed by atoms with van der Waals surface area (Å²) in [7, 11) is -1.92. The molecule has 0 fully saturated rings. The molecule has 2 rings (SSSR count). The molecule has 4 nitrogen and oxygen atoms in total. The van der Waals surface area contributed by atoms with E-state index in [2.05, 4.69) is 0 Å². The van der Waals surface area contributed by atoms with Gasteiger partial charge >= 0.3 is 11.9 Å². The molecule has 0 bridgehead atoms. The quantitative estimate of drug-likeness (QED) is 0.878. The molecule has 2 aromatic carbocycles. The topological polar surface area (TPSA) is 63.6 Å². The standard InChI is InChI=1S/C15H16O4Si/c1-20(2,3)19-15(18)13-7-5-10-8-12(14(16)17)6-4-11(10)9-13/h4-9H,1-3H3,(H,16,17). The van der Waals surface area contributed by atoms with Gasteiger partial charge in [-0.3, -0.25) is 0 Å². The van der Waals surface area contributed by atoms with Crippen LogP contribution < -0.4 is 0 Å². The monoisotopic (exact) mass is 288 g/mol. The van der Waals surface area contributed by atoms with Gasteiger partial charge in [-0.2, -0.15) is 0 Å². The average molecular weight is 288 g/mol. The number of carbonyl (C=O) groups is 2. The van der Waals surface area contributed by atoms with Crippen LogP contribution >= 0.6 is 0 Å². The first-order valence-electron chi connectivity index (χ1n) is 6.27. The molecule has 0 aliphatic carbocycles. The number of carbonyl (C=O) groups excluding carboxylic acids is 1. The molecular weight excluding hydrogens is 272 g/mol.